The van der Waals surface area contributed by atoms with E-state index in [-0.39, 0.29) is 11.4 Å². The first-order valence-corrected chi connectivity index (χ1v) is 13.9. The summed E-state index contributed by atoms with van der Waals surface area (Å²) in [5, 5.41) is 0. The molecule has 0 saturated heterocycles. The average molecular weight is 438 g/mol. The fourth-order valence-corrected chi connectivity index (χ4v) is 10.9. The summed E-state index contributed by atoms with van der Waals surface area (Å²) in [5.74, 6) is 0.649. The van der Waals surface area contributed by atoms with Crippen LogP contribution in [0.25, 0.3) is 0 Å². The number of nitrogens with one attached hydrogen (secondary N) is 1. The minimum Gasteiger partial charge on any atom is -0.467 e. The van der Waals surface area contributed by atoms with Crippen LogP contribution in [0.15, 0.2) is 52.0 Å². The Morgan fingerprint density at radius 1 is 0.966 bits per heavy atom. The number of furan rings is 1. The van der Waals surface area contributed by atoms with Gasteiger partial charge in [-0.1, -0.05) is 59.2 Å². The van der Waals surface area contributed by atoms with Crippen LogP contribution in [0.5, 0.6) is 0 Å². The Balaban J connectivity index is 2.31. The van der Waals surface area contributed by atoms with E-state index in [0.29, 0.717) is 22.4 Å². The number of aryl methyl sites for hydroxylation is 1. The molecule has 0 spiro atoms. The van der Waals surface area contributed by atoms with Crippen LogP contribution in [0, 0.1) is 6.92 Å². The molecule has 0 saturated carbocycles. The maximum Gasteiger partial charge on any atom is 0.240 e. The van der Waals surface area contributed by atoms with Gasteiger partial charge in [-0.2, -0.15) is 0 Å². The summed E-state index contributed by atoms with van der Waals surface area (Å²) in [6.07, 6.45) is 1.13. The van der Waals surface area contributed by atoms with Crippen molar-refractivity contribution >= 4 is 18.3 Å². The third-order valence-electron chi connectivity index (χ3n) is 5.70. The highest BCUT2D eigenvalue weighted by Crippen LogP contribution is 2.45. The molecule has 7 heteroatoms. The Morgan fingerprint density at radius 3 is 1.97 bits per heavy atom. The lowest BCUT2D eigenvalue weighted by Crippen LogP contribution is -2.49. The molecule has 0 aliphatic carbocycles. The number of sulfonamides is 1. The lowest BCUT2D eigenvalue weighted by Gasteiger charge is -2.44. The van der Waals surface area contributed by atoms with Gasteiger partial charge in [-0.25, -0.2) is 13.1 Å². The van der Waals surface area contributed by atoms with E-state index in [9.17, 15) is 8.42 Å². The van der Waals surface area contributed by atoms with E-state index >= 15 is 0 Å². The zero-order valence-corrected chi connectivity index (χ0v) is 20.4. The van der Waals surface area contributed by atoms with Gasteiger partial charge in [0, 0.05) is 6.54 Å². The molecule has 0 fully saturated rings. The van der Waals surface area contributed by atoms with Crippen LogP contribution in [-0.2, 0) is 14.4 Å². The highest BCUT2D eigenvalue weighted by atomic mass is 32.2. The molecular weight excluding hydrogens is 402 g/mol. The minimum atomic E-state index is -3.64. The second-order valence-electron chi connectivity index (χ2n) is 8.60. The van der Waals surface area contributed by atoms with Crippen LogP contribution in [0.4, 0.5) is 0 Å². The van der Waals surface area contributed by atoms with E-state index in [1.807, 2.05) is 19.1 Å². The highest BCUT2D eigenvalue weighted by molar-refractivity contribution is 7.89. The molecule has 0 radical (unpaired) electrons. The normalized spacial score (nSPS) is 14.1. The van der Waals surface area contributed by atoms with E-state index in [1.165, 1.54) is 0 Å². The van der Waals surface area contributed by atoms with E-state index < -0.39 is 24.4 Å². The second kappa shape index (κ2) is 9.60. The molecule has 1 aromatic carbocycles. The fourth-order valence-electron chi connectivity index (χ4n) is 4.32. The van der Waals surface area contributed by atoms with Gasteiger partial charge in [0.05, 0.1) is 11.2 Å². The van der Waals surface area contributed by atoms with Gasteiger partial charge in [-0.05, 0) is 47.8 Å². The van der Waals surface area contributed by atoms with Gasteiger partial charge in [0.2, 0.25) is 18.3 Å². The first-order chi connectivity index (χ1) is 13.5. The summed E-state index contributed by atoms with van der Waals surface area (Å²) in [4.78, 5) is 0.251. The molecule has 0 aliphatic rings. The minimum absolute atomic E-state index is 0.130. The Bertz CT molecular complexity index is 837. The molecule has 162 valence electrons. The van der Waals surface area contributed by atoms with Crippen molar-refractivity contribution < 1.29 is 17.3 Å². The number of hydrogen-bond donors (Lipinski definition) is 1. The number of benzene rings is 1. The van der Waals surface area contributed by atoms with Crippen LogP contribution < -0.4 is 4.72 Å². The Labute approximate surface area is 177 Å². The molecule has 1 N–H and O–H groups in total. The standard InChI is InChI=1S/C22H35NO4SSi/c1-16(2)29(17(3)4,18(5)6)27-22(21-9-8-14-26-21)15-23-28(24,25)20-12-10-19(7)11-13-20/h8-14,16-18,22-23H,15H2,1-7H3. The summed E-state index contributed by atoms with van der Waals surface area (Å²) in [6, 6.07) is 10.5. The van der Waals surface area contributed by atoms with Crippen molar-refractivity contribution in [2.24, 2.45) is 0 Å². The van der Waals surface area contributed by atoms with Gasteiger partial charge in [0.15, 0.2) is 0 Å². The summed E-state index contributed by atoms with van der Waals surface area (Å²) < 4.78 is 40.8. The van der Waals surface area contributed by atoms with Crippen molar-refractivity contribution in [1.82, 2.24) is 4.72 Å². The Morgan fingerprint density at radius 2 is 1.52 bits per heavy atom. The Kier molecular flexibility index (Phi) is 7.90. The predicted octanol–water partition coefficient (Wildman–Crippen LogP) is 5.80. The highest BCUT2D eigenvalue weighted by Gasteiger charge is 2.47. The SMILES string of the molecule is Cc1ccc(S(=O)(=O)NCC(O[Si](C(C)C)(C(C)C)C(C)C)c2ccco2)cc1. The van der Waals surface area contributed by atoms with Crippen molar-refractivity contribution in [1.29, 1.82) is 0 Å². The van der Waals surface area contributed by atoms with Crippen molar-refractivity contribution in [3.63, 3.8) is 0 Å². The van der Waals surface area contributed by atoms with Crippen molar-refractivity contribution in [2.45, 2.75) is 76.1 Å². The van der Waals surface area contributed by atoms with E-state index in [1.54, 1.807) is 30.5 Å². The topological polar surface area (TPSA) is 68.5 Å². The van der Waals surface area contributed by atoms with Gasteiger partial charge < -0.3 is 8.84 Å². The van der Waals surface area contributed by atoms with Gasteiger partial charge >= 0.3 is 0 Å². The average Bonchev–Trinajstić information content (AvgIpc) is 3.16. The van der Waals surface area contributed by atoms with E-state index in [4.69, 9.17) is 8.84 Å². The molecule has 1 aromatic heterocycles. The van der Waals surface area contributed by atoms with Crippen LogP contribution in [0.2, 0.25) is 16.6 Å². The van der Waals surface area contributed by atoms with E-state index in [2.05, 4.69) is 46.3 Å². The quantitative estimate of drug-likeness (QED) is 0.477. The molecule has 2 aromatic rings. The van der Waals surface area contributed by atoms with Crippen molar-refractivity contribution in [3.05, 3.63) is 54.0 Å². The van der Waals surface area contributed by atoms with Crippen molar-refractivity contribution in [3.8, 4) is 0 Å². The molecule has 0 bridgehead atoms. The second-order valence-corrected chi connectivity index (χ2v) is 15.8. The number of rotatable bonds is 10. The molecule has 1 atom stereocenters. The Hall–Kier alpha value is -1.41. The molecule has 0 amide bonds. The zero-order chi connectivity index (χ0) is 21.8. The van der Waals surface area contributed by atoms with Crippen LogP contribution in [0.1, 0.15) is 59.0 Å². The third-order valence-corrected chi connectivity index (χ3v) is 13.3. The summed E-state index contributed by atoms with van der Waals surface area (Å²) in [5.41, 5.74) is 2.17. The summed E-state index contributed by atoms with van der Waals surface area (Å²) in [7, 11) is -5.86. The fraction of sp³-hybridized carbons (Fsp3) is 0.545. The monoisotopic (exact) mass is 437 g/mol. The van der Waals surface area contributed by atoms with Gasteiger partial charge in [-0.15, -0.1) is 0 Å². The van der Waals surface area contributed by atoms with E-state index in [0.717, 1.165) is 5.56 Å². The molecule has 2 rings (SSSR count). The lowest BCUT2D eigenvalue weighted by atomic mass is 10.2. The maximum atomic E-state index is 12.8. The number of hydrogen-bond acceptors (Lipinski definition) is 4. The maximum absolute atomic E-state index is 12.8. The molecular formula is C22H35NO4SSi. The van der Waals surface area contributed by atoms with Crippen molar-refractivity contribution in [2.75, 3.05) is 6.54 Å². The summed E-state index contributed by atoms with van der Waals surface area (Å²) >= 11 is 0. The van der Waals surface area contributed by atoms with Gasteiger partial charge in [0.25, 0.3) is 0 Å². The molecule has 1 unspecified atom stereocenters. The smallest absolute Gasteiger partial charge is 0.240 e. The molecule has 5 nitrogen and oxygen atoms in total. The molecule has 0 aliphatic heterocycles. The van der Waals surface area contributed by atoms with Crippen LogP contribution in [-0.4, -0.2) is 23.3 Å². The lowest BCUT2D eigenvalue weighted by molar-refractivity contribution is 0.154. The van der Waals surface area contributed by atoms with Crippen LogP contribution in [0.3, 0.4) is 0 Å². The zero-order valence-electron chi connectivity index (χ0n) is 18.6. The molecule has 1 heterocycles. The third kappa shape index (κ3) is 5.39. The van der Waals surface area contributed by atoms with Gasteiger partial charge in [0.1, 0.15) is 11.9 Å². The predicted molar refractivity (Wildman–Crippen MR) is 120 cm³/mol. The first-order valence-electron chi connectivity index (χ1n) is 10.3. The first kappa shape index (κ1) is 23.9. The summed E-state index contributed by atoms with van der Waals surface area (Å²) in [6.45, 7) is 15.3. The largest absolute Gasteiger partial charge is 0.467 e. The molecule has 29 heavy (non-hydrogen) atoms. The van der Waals surface area contributed by atoms with Crippen LogP contribution >= 0.6 is 0 Å². The van der Waals surface area contributed by atoms with Gasteiger partial charge in [-0.3, -0.25) is 0 Å².